The summed E-state index contributed by atoms with van der Waals surface area (Å²) in [6, 6.07) is 10.4. The fourth-order valence-electron chi connectivity index (χ4n) is 2.91. The third-order valence-corrected chi connectivity index (χ3v) is 5.49. The van der Waals surface area contributed by atoms with Crippen molar-refractivity contribution < 1.29 is 13.5 Å². The van der Waals surface area contributed by atoms with Gasteiger partial charge < -0.3 is 9.67 Å². The van der Waals surface area contributed by atoms with E-state index in [9.17, 15) is 13.5 Å². The molecule has 0 saturated carbocycles. The van der Waals surface area contributed by atoms with Crippen LogP contribution in [-0.2, 0) is 22.5 Å². The van der Waals surface area contributed by atoms with E-state index in [2.05, 4.69) is 4.98 Å². The van der Waals surface area contributed by atoms with Crippen LogP contribution in [0.2, 0.25) is 5.15 Å². The summed E-state index contributed by atoms with van der Waals surface area (Å²) in [6.07, 6.45) is 1.18. The van der Waals surface area contributed by atoms with Gasteiger partial charge in [0.1, 0.15) is 10.8 Å². The normalized spacial score (nSPS) is 12.7. The molecular formula is C18H19ClN2O3S. The lowest BCUT2D eigenvalue weighted by atomic mass is 10.0. The Bertz CT molecular complexity index is 1060. The fraction of sp³-hybridized carbons (Fsp3) is 0.278. The standard InChI is InChI=1S/C18H19ClN2O3S/c1-18(2,22)17-13-9-14(21(3)15(13)10-16(19)20-17)11-5-7-12(8-6-11)25(4,23)24/h5-10,22H,1-4H3. The molecule has 5 nitrogen and oxygen atoms in total. The molecule has 0 aliphatic heterocycles. The van der Waals surface area contributed by atoms with Crippen LogP contribution in [0.1, 0.15) is 19.5 Å². The first kappa shape index (κ1) is 17.9. The monoisotopic (exact) mass is 378 g/mol. The molecule has 1 N–H and O–H groups in total. The lowest BCUT2D eigenvalue weighted by Gasteiger charge is -2.17. The molecule has 3 rings (SSSR count). The van der Waals surface area contributed by atoms with Crippen LogP contribution in [-0.4, -0.2) is 29.3 Å². The smallest absolute Gasteiger partial charge is 0.175 e. The molecule has 2 aromatic heterocycles. The van der Waals surface area contributed by atoms with Crippen molar-refractivity contribution in [3.8, 4) is 11.3 Å². The first-order valence-electron chi connectivity index (χ1n) is 7.68. The molecule has 3 aromatic rings. The summed E-state index contributed by atoms with van der Waals surface area (Å²) in [4.78, 5) is 4.56. The Labute approximate surface area is 151 Å². The molecule has 1 aromatic carbocycles. The number of nitrogens with zero attached hydrogens (tertiary/aromatic N) is 2. The highest BCUT2D eigenvalue weighted by Gasteiger charge is 2.24. The van der Waals surface area contributed by atoms with Gasteiger partial charge in [-0.25, -0.2) is 13.4 Å². The SMILES string of the molecule is Cn1c(-c2ccc(S(C)(=O)=O)cc2)cc2c(C(C)(C)O)nc(Cl)cc21. The van der Waals surface area contributed by atoms with Crippen LogP contribution in [0.5, 0.6) is 0 Å². The minimum atomic E-state index is -3.24. The maximum atomic E-state index is 11.6. The quantitative estimate of drug-likeness (QED) is 0.708. The van der Waals surface area contributed by atoms with E-state index >= 15 is 0 Å². The van der Waals surface area contributed by atoms with E-state index in [4.69, 9.17) is 11.6 Å². The minimum Gasteiger partial charge on any atom is -0.384 e. The van der Waals surface area contributed by atoms with Gasteiger partial charge in [-0.1, -0.05) is 23.7 Å². The molecule has 7 heteroatoms. The third-order valence-electron chi connectivity index (χ3n) is 4.17. The lowest BCUT2D eigenvalue weighted by molar-refractivity contribution is 0.0756. The molecule has 0 amide bonds. The van der Waals surface area contributed by atoms with E-state index < -0.39 is 15.4 Å². The van der Waals surface area contributed by atoms with Crippen molar-refractivity contribution in [2.75, 3.05) is 6.26 Å². The number of aryl methyl sites for hydroxylation is 1. The second-order valence-electron chi connectivity index (χ2n) is 6.67. The van der Waals surface area contributed by atoms with Crippen molar-refractivity contribution in [3.05, 3.63) is 47.2 Å². The van der Waals surface area contributed by atoms with Gasteiger partial charge in [0.15, 0.2) is 9.84 Å². The van der Waals surface area contributed by atoms with Crippen molar-refractivity contribution in [1.82, 2.24) is 9.55 Å². The maximum absolute atomic E-state index is 11.6. The van der Waals surface area contributed by atoms with Gasteiger partial charge in [0.25, 0.3) is 0 Å². The third kappa shape index (κ3) is 3.29. The van der Waals surface area contributed by atoms with Crippen molar-refractivity contribution in [3.63, 3.8) is 0 Å². The van der Waals surface area contributed by atoms with E-state index in [0.717, 1.165) is 22.2 Å². The predicted octanol–water partition coefficient (Wildman–Crippen LogP) is 3.52. The summed E-state index contributed by atoms with van der Waals surface area (Å²) in [5, 5.41) is 11.5. The molecule has 0 spiro atoms. The fourth-order valence-corrected chi connectivity index (χ4v) is 3.73. The Morgan fingerprint density at radius 1 is 1.16 bits per heavy atom. The molecule has 0 aliphatic carbocycles. The number of sulfone groups is 1. The number of aliphatic hydroxyl groups is 1. The van der Waals surface area contributed by atoms with Gasteiger partial charge in [0.2, 0.25) is 0 Å². The summed E-state index contributed by atoms with van der Waals surface area (Å²) < 4.78 is 25.2. The summed E-state index contributed by atoms with van der Waals surface area (Å²) >= 11 is 6.13. The van der Waals surface area contributed by atoms with E-state index in [1.165, 1.54) is 6.26 Å². The number of pyridine rings is 1. The molecule has 132 valence electrons. The molecule has 0 bridgehead atoms. The number of hydrogen-bond donors (Lipinski definition) is 1. The van der Waals surface area contributed by atoms with Gasteiger partial charge in [-0.3, -0.25) is 0 Å². The summed E-state index contributed by atoms with van der Waals surface area (Å²) in [6.45, 7) is 3.33. The molecule has 0 radical (unpaired) electrons. The number of halogens is 1. The van der Waals surface area contributed by atoms with Crippen LogP contribution in [0, 0.1) is 0 Å². The van der Waals surface area contributed by atoms with Crippen LogP contribution in [0.25, 0.3) is 22.2 Å². The molecule has 2 heterocycles. The minimum absolute atomic E-state index is 0.275. The van der Waals surface area contributed by atoms with Crippen molar-refractivity contribution in [2.45, 2.75) is 24.3 Å². The predicted molar refractivity (Wildman–Crippen MR) is 99.5 cm³/mol. The van der Waals surface area contributed by atoms with Gasteiger partial charge in [-0.05, 0) is 43.7 Å². The molecule has 0 fully saturated rings. The zero-order valence-electron chi connectivity index (χ0n) is 14.4. The molecule has 0 atom stereocenters. The van der Waals surface area contributed by atoms with Crippen molar-refractivity contribution in [1.29, 1.82) is 0 Å². The van der Waals surface area contributed by atoms with E-state index in [1.54, 1.807) is 44.2 Å². The van der Waals surface area contributed by atoms with E-state index in [0.29, 0.717) is 10.8 Å². The van der Waals surface area contributed by atoms with E-state index in [-0.39, 0.29) is 4.90 Å². The zero-order chi connectivity index (χ0) is 18.6. The Morgan fingerprint density at radius 3 is 2.28 bits per heavy atom. The Hall–Kier alpha value is -1.89. The highest BCUT2D eigenvalue weighted by Crippen LogP contribution is 2.34. The van der Waals surface area contributed by atoms with Gasteiger partial charge >= 0.3 is 0 Å². The molecule has 0 aliphatic rings. The van der Waals surface area contributed by atoms with Crippen LogP contribution in [0.3, 0.4) is 0 Å². The number of benzene rings is 1. The zero-order valence-corrected chi connectivity index (χ0v) is 16.0. The van der Waals surface area contributed by atoms with Crippen molar-refractivity contribution in [2.24, 2.45) is 7.05 Å². The van der Waals surface area contributed by atoms with Gasteiger partial charge in [0.05, 0.1) is 16.1 Å². The van der Waals surface area contributed by atoms with E-state index in [1.807, 2.05) is 17.7 Å². The number of aromatic nitrogens is 2. The topological polar surface area (TPSA) is 72.2 Å². The summed E-state index contributed by atoms with van der Waals surface area (Å²) in [5.41, 5.74) is 1.96. The van der Waals surface area contributed by atoms with Gasteiger partial charge in [-0.2, -0.15) is 0 Å². The largest absolute Gasteiger partial charge is 0.384 e. The van der Waals surface area contributed by atoms with Crippen LogP contribution < -0.4 is 0 Å². The van der Waals surface area contributed by atoms with Crippen LogP contribution >= 0.6 is 11.6 Å². The van der Waals surface area contributed by atoms with Gasteiger partial charge in [0, 0.05) is 24.4 Å². The molecule has 25 heavy (non-hydrogen) atoms. The molecular weight excluding hydrogens is 360 g/mol. The highest BCUT2D eigenvalue weighted by atomic mass is 35.5. The Kier molecular flexibility index (Phi) is 4.18. The first-order chi connectivity index (χ1) is 11.5. The molecule has 0 unspecified atom stereocenters. The summed E-state index contributed by atoms with van der Waals surface area (Å²) in [5.74, 6) is 0. The Morgan fingerprint density at radius 2 is 1.76 bits per heavy atom. The van der Waals surface area contributed by atoms with Crippen molar-refractivity contribution >= 4 is 32.3 Å². The molecule has 0 saturated heterocycles. The number of hydrogen-bond acceptors (Lipinski definition) is 4. The second kappa shape index (κ2) is 5.83. The number of fused-ring (bicyclic) bond motifs is 1. The van der Waals surface area contributed by atoms with Gasteiger partial charge in [-0.15, -0.1) is 0 Å². The van der Waals surface area contributed by atoms with Crippen LogP contribution in [0.4, 0.5) is 0 Å². The van der Waals surface area contributed by atoms with Crippen LogP contribution in [0.15, 0.2) is 41.3 Å². The average Bonchev–Trinajstić information content (AvgIpc) is 2.82. The average molecular weight is 379 g/mol. The highest BCUT2D eigenvalue weighted by molar-refractivity contribution is 7.90. The number of rotatable bonds is 3. The lowest BCUT2D eigenvalue weighted by Crippen LogP contribution is -2.18. The summed E-state index contributed by atoms with van der Waals surface area (Å²) in [7, 11) is -1.34. The first-order valence-corrected chi connectivity index (χ1v) is 9.95. The maximum Gasteiger partial charge on any atom is 0.175 e. The second-order valence-corrected chi connectivity index (χ2v) is 9.07. The Balaban J connectivity index is 2.23.